The summed E-state index contributed by atoms with van der Waals surface area (Å²) in [6.07, 6.45) is 2.51. The van der Waals surface area contributed by atoms with Gasteiger partial charge >= 0.3 is 0 Å². The Morgan fingerprint density at radius 2 is 2.00 bits per heavy atom. The molecule has 1 heterocycles. The first kappa shape index (κ1) is 16.5. The predicted octanol–water partition coefficient (Wildman–Crippen LogP) is 2.10. The maximum Gasteiger partial charge on any atom is 0.242 e. The molecule has 0 spiro atoms. The minimum absolute atomic E-state index is 0.0241. The quantitative estimate of drug-likeness (QED) is 0.787. The van der Waals surface area contributed by atoms with E-state index in [1.54, 1.807) is 7.11 Å². The average Bonchev–Trinajstić information content (AvgIpc) is 2.42. The monoisotopic (exact) mass is 282 g/mol. The molecule has 1 rings (SSSR count). The summed E-state index contributed by atoms with van der Waals surface area (Å²) < 4.78 is 10.8. The lowest BCUT2D eigenvalue weighted by molar-refractivity contribution is 0.203. The largest absolute Gasteiger partial charge is 0.473 e. The number of methoxy groups -OCH3 is 1. The second-order valence-corrected chi connectivity index (χ2v) is 5.03. The highest BCUT2D eigenvalue weighted by molar-refractivity contribution is 5.68. The maximum absolute atomic E-state index is 6.16. The Morgan fingerprint density at radius 3 is 2.55 bits per heavy atom. The van der Waals surface area contributed by atoms with Crippen LogP contribution in [0.2, 0.25) is 0 Å². The van der Waals surface area contributed by atoms with Crippen LogP contribution in [0.1, 0.15) is 34.1 Å². The zero-order chi connectivity index (χ0) is 15.1. The molecule has 20 heavy (non-hydrogen) atoms. The van der Waals surface area contributed by atoms with Crippen LogP contribution in [-0.4, -0.2) is 42.4 Å². The van der Waals surface area contributed by atoms with Gasteiger partial charge in [-0.15, -0.1) is 0 Å². The number of nitrogen functional groups attached to an aromatic ring is 1. The zero-order valence-corrected chi connectivity index (χ0v) is 13.1. The van der Waals surface area contributed by atoms with Gasteiger partial charge in [-0.25, -0.2) is 4.98 Å². The van der Waals surface area contributed by atoms with Crippen molar-refractivity contribution in [2.24, 2.45) is 0 Å². The summed E-state index contributed by atoms with van der Waals surface area (Å²) in [4.78, 5) is 10.6. The molecule has 0 aromatic carbocycles. The molecule has 0 bridgehead atoms. The highest BCUT2D eigenvalue weighted by Gasteiger charge is 2.20. The van der Waals surface area contributed by atoms with E-state index in [9.17, 15) is 0 Å². The fourth-order valence-corrected chi connectivity index (χ4v) is 1.86. The Labute approximate surface area is 121 Å². The van der Waals surface area contributed by atoms with Crippen molar-refractivity contribution in [3.63, 3.8) is 0 Å². The van der Waals surface area contributed by atoms with Gasteiger partial charge in [0.1, 0.15) is 12.0 Å². The van der Waals surface area contributed by atoms with Crippen molar-refractivity contribution in [1.82, 2.24) is 9.97 Å². The van der Waals surface area contributed by atoms with Crippen molar-refractivity contribution < 1.29 is 9.47 Å². The van der Waals surface area contributed by atoms with E-state index < -0.39 is 0 Å². The van der Waals surface area contributed by atoms with Gasteiger partial charge in [-0.05, 0) is 27.2 Å². The number of hydrogen-bond acceptors (Lipinski definition) is 6. The van der Waals surface area contributed by atoms with E-state index in [1.807, 2.05) is 13.8 Å². The molecule has 1 atom stereocenters. The number of rotatable bonds is 8. The van der Waals surface area contributed by atoms with Crippen LogP contribution in [0, 0.1) is 0 Å². The second-order valence-electron chi connectivity index (χ2n) is 5.03. The first-order valence-corrected chi connectivity index (χ1v) is 7.03. The van der Waals surface area contributed by atoms with E-state index in [-0.39, 0.29) is 6.10 Å². The van der Waals surface area contributed by atoms with E-state index in [2.05, 4.69) is 28.7 Å². The maximum atomic E-state index is 6.16. The number of ether oxygens (including phenoxy) is 2. The Kier molecular flexibility index (Phi) is 6.51. The van der Waals surface area contributed by atoms with Gasteiger partial charge in [0, 0.05) is 19.7 Å². The number of anilines is 2. The third kappa shape index (κ3) is 4.23. The number of hydrogen-bond donors (Lipinski definition) is 1. The van der Waals surface area contributed by atoms with Gasteiger partial charge in [0.05, 0.1) is 12.7 Å². The Hall–Kier alpha value is -1.56. The van der Waals surface area contributed by atoms with E-state index in [0.29, 0.717) is 30.0 Å². The molecule has 0 aliphatic heterocycles. The Morgan fingerprint density at radius 1 is 1.30 bits per heavy atom. The average molecular weight is 282 g/mol. The molecule has 0 fully saturated rings. The number of nitrogens with zero attached hydrogens (tertiary/aromatic N) is 3. The van der Waals surface area contributed by atoms with Gasteiger partial charge in [0.25, 0.3) is 0 Å². The van der Waals surface area contributed by atoms with Crippen LogP contribution >= 0.6 is 0 Å². The number of nitrogens with two attached hydrogens (primary N) is 1. The third-order valence-corrected chi connectivity index (χ3v) is 3.10. The lowest BCUT2D eigenvalue weighted by Gasteiger charge is -2.30. The SMILES string of the molecule is CCC(C)N(CCOC)c1ncnc(OC(C)C)c1N. The van der Waals surface area contributed by atoms with Crippen LogP contribution in [0.5, 0.6) is 5.88 Å². The first-order chi connectivity index (χ1) is 9.51. The Balaban J connectivity index is 3.06. The summed E-state index contributed by atoms with van der Waals surface area (Å²) in [7, 11) is 1.69. The topological polar surface area (TPSA) is 73.5 Å². The normalized spacial score (nSPS) is 12.5. The van der Waals surface area contributed by atoms with Crippen LogP contribution in [-0.2, 0) is 4.74 Å². The second kappa shape index (κ2) is 7.89. The van der Waals surface area contributed by atoms with E-state index in [4.69, 9.17) is 15.2 Å². The minimum Gasteiger partial charge on any atom is -0.473 e. The molecule has 0 radical (unpaired) electrons. The van der Waals surface area contributed by atoms with Crippen LogP contribution in [0.4, 0.5) is 11.5 Å². The molecule has 114 valence electrons. The molecule has 0 saturated carbocycles. The van der Waals surface area contributed by atoms with Gasteiger partial charge in [-0.2, -0.15) is 4.98 Å². The minimum atomic E-state index is 0.0241. The lowest BCUT2D eigenvalue weighted by Crippen LogP contribution is -2.36. The highest BCUT2D eigenvalue weighted by atomic mass is 16.5. The molecule has 0 aliphatic carbocycles. The van der Waals surface area contributed by atoms with Gasteiger partial charge in [0.15, 0.2) is 5.82 Å². The first-order valence-electron chi connectivity index (χ1n) is 7.03. The summed E-state index contributed by atoms with van der Waals surface area (Å²) >= 11 is 0. The molecule has 1 unspecified atom stereocenters. The van der Waals surface area contributed by atoms with Crippen molar-refractivity contribution in [3.05, 3.63) is 6.33 Å². The lowest BCUT2D eigenvalue weighted by atomic mass is 10.2. The van der Waals surface area contributed by atoms with Crippen LogP contribution in [0.3, 0.4) is 0 Å². The summed E-state index contributed by atoms with van der Waals surface area (Å²) in [5, 5.41) is 0. The molecule has 2 N–H and O–H groups in total. The molecule has 0 aliphatic rings. The van der Waals surface area contributed by atoms with Crippen molar-refractivity contribution >= 4 is 11.5 Å². The van der Waals surface area contributed by atoms with Crippen LogP contribution < -0.4 is 15.4 Å². The molecule has 1 aromatic heterocycles. The van der Waals surface area contributed by atoms with Crippen LogP contribution in [0.15, 0.2) is 6.33 Å². The molecular formula is C14H26N4O2. The van der Waals surface area contributed by atoms with Gasteiger partial charge in [-0.1, -0.05) is 6.92 Å². The summed E-state index contributed by atoms with van der Waals surface area (Å²) in [5.41, 5.74) is 6.65. The van der Waals surface area contributed by atoms with Crippen molar-refractivity contribution in [3.8, 4) is 5.88 Å². The zero-order valence-electron chi connectivity index (χ0n) is 13.1. The van der Waals surface area contributed by atoms with Gasteiger partial charge in [-0.3, -0.25) is 0 Å². The summed E-state index contributed by atoms with van der Waals surface area (Å²) in [6, 6.07) is 0.314. The summed E-state index contributed by atoms with van der Waals surface area (Å²) in [6.45, 7) is 9.51. The molecule has 1 aromatic rings. The predicted molar refractivity (Wildman–Crippen MR) is 81.2 cm³/mol. The fraction of sp³-hybridized carbons (Fsp3) is 0.714. The molecule has 0 amide bonds. The van der Waals surface area contributed by atoms with Crippen molar-refractivity contribution in [2.45, 2.75) is 46.3 Å². The fourth-order valence-electron chi connectivity index (χ4n) is 1.86. The van der Waals surface area contributed by atoms with E-state index in [1.165, 1.54) is 6.33 Å². The van der Waals surface area contributed by atoms with Crippen molar-refractivity contribution in [2.75, 3.05) is 30.9 Å². The summed E-state index contributed by atoms with van der Waals surface area (Å²) in [5.74, 6) is 1.15. The smallest absolute Gasteiger partial charge is 0.242 e. The van der Waals surface area contributed by atoms with E-state index in [0.717, 1.165) is 13.0 Å². The molecule has 0 saturated heterocycles. The molecule has 6 heteroatoms. The van der Waals surface area contributed by atoms with Gasteiger partial charge in [0.2, 0.25) is 5.88 Å². The molecule has 6 nitrogen and oxygen atoms in total. The molecular weight excluding hydrogens is 256 g/mol. The number of aromatic nitrogens is 2. The van der Waals surface area contributed by atoms with Crippen LogP contribution in [0.25, 0.3) is 0 Å². The van der Waals surface area contributed by atoms with Gasteiger partial charge < -0.3 is 20.1 Å². The van der Waals surface area contributed by atoms with E-state index >= 15 is 0 Å². The highest BCUT2D eigenvalue weighted by Crippen LogP contribution is 2.30. The standard InChI is InChI=1S/C14H26N4O2/c1-6-11(4)18(7-8-19-5)13-12(15)14(17-9-16-13)20-10(2)3/h9-11H,6-8,15H2,1-5H3. The van der Waals surface area contributed by atoms with Crippen molar-refractivity contribution in [1.29, 1.82) is 0 Å². The Bertz CT molecular complexity index is 412. The third-order valence-electron chi connectivity index (χ3n) is 3.10.